The van der Waals surface area contributed by atoms with Crippen molar-refractivity contribution in [1.29, 1.82) is 0 Å². The van der Waals surface area contributed by atoms with Crippen molar-refractivity contribution in [2.24, 2.45) is 0 Å². The summed E-state index contributed by atoms with van der Waals surface area (Å²) in [5.41, 5.74) is 1.80. The van der Waals surface area contributed by atoms with Gasteiger partial charge in [-0.25, -0.2) is 4.98 Å². The van der Waals surface area contributed by atoms with Crippen molar-refractivity contribution >= 4 is 17.4 Å². The number of carbonyl (C=O) groups excluding carboxylic acids is 1. The zero-order valence-corrected chi connectivity index (χ0v) is 11.6. The van der Waals surface area contributed by atoms with Crippen LogP contribution in [0.15, 0.2) is 30.7 Å². The maximum atomic E-state index is 12.1. The van der Waals surface area contributed by atoms with Crippen LogP contribution in [0, 0.1) is 6.92 Å². The van der Waals surface area contributed by atoms with Crippen molar-refractivity contribution in [3.8, 4) is 0 Å². The minimum Gasteiger partial charge on any atom is -0.369 e. The van der Waals surface area contributed by atoms with Gasteiger partial charge in [0.2, 0.25) is 0 Å². The van der Waals surface area contributed by atoms with Crippen LogP contribution in [0.1, 0.15) is 29.5 Å². The standard InChI is InChI=1S/C14H17N5O/c1-3-6-16-13-9-15-8-12(19-13)14(20)18-11-5-4-10(2)17-7-11/h4-5,7-9H,3,6H2,1-2H3,(H,16,19)(H,18,20). The Labute approximate surface area is 117 Å². The minimum atomic E-state index is -0.302. The molecule has 0 aliphatic carbocycles. The topological polar surface area (TPSA) is 79.8 Å². The molecule has 1 amide bonds. The average Bonchev–Trinajstić information content (AvgIpc) is 2.48. The first-order valence-corrected chi connectivity index (χ1v) is 6.49. The van der Waals surface area contributed by atoms with E-state index in [2.05, 4.69) is 32.5 Å². The van der Waals surface area contributed by atoms with E-state index in [9.17, 15) is 4.79 Å². The summed E-state index contributed by atoms with van der Waals surface area (Å²) in [6.45, 7) is 4.74. The number of aryl methyl sites for hydroxylation is 1. The summed E-state index contributed by atoms with van der Waals surface area (Å²) >= 11 is 0. The van der Waals surface area contributed by atoms with Gasteiger partial charge in [-0.1, -0.05) is 6.92 Å². The molecule has 0 saturated heterocycles. The average molecular weight is 271 g/mol. The molecular weight excluding hydrogens is 254 g/mol. The second-order valence-electron chi connectivity index (χ2n) is 4.36. The minimum absolute atomic E-state index is 0.270. The van der Waals surface area contributed by atoms with E-state index in [1.165, 1.54) is 6.20 Å². The molecule has 0 aliphatic heterocycles. The molecule has 0 bridgehead atoms. The number of hydrogen-bond acceptors (Lipinski definition) is 5. The summed E-state index contributed by atoms with van der Waals surface area (Å²) in [7, 11) is 0. The Hall–Kier alpha value is -2.50. The molecular formula is C14H17N5O. The van der Waals surface area contributed by atoms with Crippen LogP contribution >= 0.6 is 0 Å². The molecule has 2 aromatic heterocycles. The fraction of sp³-hybridized carbons (Fsp3) is 0.286. The molecule has 0 radical (unpaired) electrons. The van der Waals surface area contributed by atoms with Gasteiger partial charge in [0.25, 0.3) is 5.91 Å². The lowest BCUT2D eigenvalue weighted by Crippen LogP contribution is -2.15. The van der Waals surface area contributed by atoms with Crippen molar-refractivity contribution < 1.29 is 4.79 Å². The van der Waals surface area contributed by atoms with Gasteiger partial charge in [0.15, 0.2) is 0 Å². The van der Waals surface area contributed by atoms with Gasteiger partial charge in [-0.15, -0.1) is 0 Å². The summed E-state index contributed by atoms with van der Waals surface area (Å²) in [5, 5.41) is 5.83. The van der Waals surface area contributed by atoms with Gasteiger partial charge in [0.05, 0.1) is 24.3 Å². The first-order valence-electron chi connectivity index (χ1n) is 6.49. The van der Waals surface area contributed by atoms with Gasteiger partial charge in [-0.05, 0) is 25.5 Å². The van der Waals surface area contributed by atoms with Crippen molar-refractivity contribution in [3.05, 3.63) is 42.1 Å². The SMILES string of the molecule is CCCNc1cncc(C(=O)Nc2ccc(C)nc2)n1. The van der Waals surface area contributed by atoms with Crippen LogP contribution in [0.2, 0.25) is 0 Å². The second kappa shape index (κ2) is 6.60. The Balaban J connectivity index is 2.06. The van der Waals surface area contributed by atoms with Gasteiger partial charge >= 0.3 is 0 Å². The van der Waals surface area contributed by atoms with Crippen LogP contribution in [-0.2, 0) is 0 Å². The number of pyridine rings is 1. The summed E-state index contributed by atoms with van der Waals surface area (Å²) in [6, 6.07) is 3.63. The Bertz CT molecular complexity index is 582. The van der Waals surface area contributed by atoms with E-state index in [0.29, 0.717) is 11.5 Å². The van der Waals surface area contributed by atoms with E-state index in [0.717, 1.165) is 18.7 Å². The van der Waals surface area contributed by atoms with Crippen LogP contribution in [-0.4, -0.2) is 27.4 Å². The van der Waals surface area contributed by atoms with Crippen LogP contribution in [0.4, 0.5) is 11.5 Å². The molecule has 0 unspecified atom stereocenters. The zero-order valence-electron chi connectivity index (χ0n) is 11.6. The Kier molecular flexibility index (Phi) is 4.60. The molecule has 20 heavy (non-hydrogen) atoms. The molecule has 0 atom stereocenters. The monoisotopic (exact) mass is 271 g/mol. The third kappa shape index (κ3) is 3.74. The summed E-state index contributed by atoms with van der Waals surface area (Å²) < 4.78 is 0. The summed E-state index contributed by atoms with van der Waals surface area (Å²) in [6.07, 6.45) is 5.63. The highest BCUT2D eigenvalue weighted by atomic mass is 16.1. The van der Waals surface area contributed by atoms with Crippen LogP contribution in [0.3, 0.4) is 0 Å². The van der Waals surface area contributed by atoms with E-state index in [1.54, 1.807) is 18.5 Å². The van der Waals surface area contributed by atoms with Gasteiger partial charge in [0.1, 0.15) is 11.5 Å². The van der Waals surface area contributed by atoms with Crippen molar-refractivity contribution in [2.45, 2.75) is 20.3 Å². The molecule has 2 rings (SSSR count). The molecule has 0 aliphatic rings. The van der Waals surface area contributed by atoms with Crippen LogP contribution < -0.4 is 10.6 Å². The smallest absolute Gasteiger partial charge is 0.275 e. The number of aromatic nitrogens is 3. The number of nitrogens with zero attached hydrogens (tertiary/aromatic N) is 3. The van der Waals surface area contributed by atoms with E-state index in [1.807, 2.05) is 13.0 Å². The molecule has 0 aromatic carbocycles. The molecule has 2 aromatic rings. The molecule has 0 fully saturated rings. The lowest BCUT2D eigenvalue weighted by Gasteiger charge is -2.07. The Morgan fingerprint density at radius 3 is 2.80 bits per heavy atom. The number of amides is 1. The van der Waals surface area contributed by atoms with Crippen molar-refractivity contribution in [2.75, 3.05) is 17.2 Å². The first-order chi connectivity index (χ1) is 9.69. The third-order valence-electron chi connectivity index (χ3n) is 2.59. The molecule has 0 spiro atoms. The van der Waals surface area contributed by atoms with Crippen molar-refractivity contribution in [1.82, 2.24) is 15.0 Å². The quantitative estimate of drug-likeness (QED) is 0.872. The normalized spacial score (nSPS) is 10.1. The lowest BCUT2D eigenvalue weighted by molar-refractivity contribution is 0.102. The molecule has 6 heteroatoms. The van der Waals surface area contributed by atoms with Crippen molar-refractivity contribution in [3.63, 3.8) is 0 Å². The van der Waals surface area contributed by atoms with Crippen LogP contribution in [0.5, 0.6) is 0 Å². The molecule has 2 N–H and O–H groups in total. The number of hydrogen-bond donors (Lipinski definition) is 2. The number of anilines is 2. The molecule has 2 heterocycles. The molecule has 104 valence electrons. The largest absolute Gasteiger partial charge is 0.369 e. The van der Waals surface area contributed by atoms with Gasteiger partial charge in [-0.3, -0.25) is 14.8 Å². The fourth-order valence-corrected chi connectivity index (χ4v) is 1.55. The highest BCUT2D eigenvalue weighted by Crippen LogP contribution is 2.08. The van der Waals surface area contributed by atoms with E-state index >= 15 is 0 Å². The maximum absolute atomic E-state index is 12.1. The predicted octanol–water partition coefficient (Wildman–Crippen LogP) is 2.25. The van der Waals surface area contributed by atoms with Gasteiger partial charge < -0.3 is 10.6 Å². The zero-order chi connectivity index (χ0) is 14.4. The highest BCUT2D eigenvalue weighted by molar-refractivity contribution is 6.02. The van der Waals surface area contributed by atoms with Crippen LogP contribution in [0.25, 0.3) is 0 Å². The Morgan fingerprint density at radius 1 is 1.25 bits per heavy atom. The molecule has 0 saturated carbocycles. The number of carbonyl (C=O) groups is 1. The van der Waals surface area contributed by atoms with E-state index in [4.69, 9.17) is 0 Å². The van der Waals surface area contributed by atoms with E-state index < -0.39 is 0 Å². The summed E-state index contributed by atoms with van der Waals surface area (Å²) in [5.74, 6) is 0.296. The number of nitrogens with one attached hydrogen (secondary N) is 2. The van der Waals surface area contributed by atoms with Gasteiger partial charge in [0, 0.05) is 12.2 Å². The summed E-state index contributed by atoms with van der Waals surface area (Å²) in [4.78, 5) is 24.4. The first kappa shape index (κ1) is 13.9. The molecule has 6 nitrogen and oxygen atoms in total. The maximum Gasteiger partial charge on any atom is 0.275 e. The highest BCUT2D eigenvalue weighted by Gasteiger charge is 2.09. The number of rotatable bonds is 5. The van der Waals surface area contributed by atoms with E-state index in [-0.39, 0.29) is 11.6 Å². The fourth-order valence-electron chi connectivity index (χ4n) is 1.55. The lowest BCUT2D eigenvalue weighted by atomic mass is 10.3. The Morgan fingerprint density at radius 2 is 2.10 bits per heavy atom. The second-order valence-corrected chi connectivity index (χ2v) is 4.36. The third-order valence-corrected chi connectivity index (χ3v) is 2.59. The predicted molar refractivity (Wildman–Crippen MR) is 77.7 cm³/mol. The van der Waals surface area contributed by atoms with Gasteiger partial charge in [-0.2, -0.15) is 0 Å².